The lowest BCUT2D eigenvalue weighted by molar-refractivity contribution is -0.149. The lowest BCUT2D eigenvalue weighted by Crippen LogP contribution is -2.64. The van der Waals surface area contributed by atoms with E-state index in [1.807, 2.05) is 24.3 Å². The molecule has 4 rings (SSSR count). The molecule has 0 saturated carbocycles. The molecule has 2 amide bonds. The van der Waals surface area contributed by atoms with Crippen LogP contribution in [0.4, 0.5) is 0 Å². The fourth-order valence-corrected chi connectivity index (χ4v) is 3.87. The van der Waals surface area contributed by atoms with Gasteiger partial charge in [0.25, 0.3) is 0 Å². The van der Waals surface area contributed by atoms with Crippen molar-refractivity contribution < 1.29 is 14.7 Å². The van der Waals surface area contributed by atoms with Gasteiger partial charge in [0.2, 0.25) is 11.8 Å². The smallest absolute Gasteiger partial charge is 0.248 e. The van der Waals surface area contributed by atoms with Crippen LogP contribution in [0.15, 0.2) is 36.5 Å². The minimum atomic E-state index is -0.900. The van der Waals surface area contributed by atoms with Gasteiger partial charge in [-0.15, -0.1) is 0 Å². The average Bonchev–Trinajstić information content (AvgIpc) is 3.08. The summed E-state index contributed by atoms with van der Waals surface area (Å²) in [6.45, 7) is 2.64. The Labute approximate surface area is 151 Å². The molecule has 7 nitrogen and oxygen atoms in total. The van der Waals surface area contributed by atoms with Crippen molar-refractivity contribution in [3.63, 3.8) is 0 Å². The highest BCUT2D eigenvalue weighted by atomic mass is 16.3. The van der Waals surface area contributed by atoms with Gasteiger partial charge in [0.05, 0.1) is 11.6 Å². The average molecular weight is 354 g/mol. The van der Waals surface area contributed by atoms with E-state index in [1.165, 1.54) is 6.92 Å². The van der Waals surface area contributed by atoms with E-state index in [9.17, 15) is 14.7 Å². The Bertz CT molecular complexity index is 848. The molecule has 7 heteroatoms. The molecule has 0 radical (unpaired) electrons. The summed E-state index contributed by atoms with van der Waals surface area (Å²) in [7, 11) is 0. The lowest BCUT2D eigenvalue weighted by Gasteiger charge is -2.35. The SMILES string of the molecule is C[C@@H](O)[C@@H]1NC(=O)[C@@H]2C[C@H](NCc3cccc4ncccc34)CN2C1=O. The number of aliphatic hydroxyl groups is 1. The van der Waals surface area contributed by atoms with Crippen LogP contribution in [0.5, 0.6) is 0 Å². The summed E-state index contributed by atoms with van der Waals surface area (Å²) in [4.78, 5) is 30.7. The number of hydrogen-bond donors (Lipinski definition) is 3. The molecule has 0 bridgehead atoms. The Balaban J connectivity index is 1.46. The maximum atomic E-state index is 12.5. The van der Waals surface area contributed by atoms with Gasteiger partial charge in [-0.25, -0.2) is 0 Å². The standard InChI is InChI=1S/C19H22N4O3/c1-11(24)17-19(26)23-10-13(8-16(23)18(25)22-17)21-9-12-4-2-6-15-14(12)5-3-7-20-15/h2-7,11,13,16-17,21,24H,8-10H2,1H3,(H,22,25)/t11-,13+,16+,17+/m1/s1. The largest absolute Gasteiger partial charge is 0.391 e. The van der Waals surface area contributed by atoms with Gasteiger partial charge < -0.3 is 20.6 Å². The molecule has 1 aromatic carbocycles. The minimum absolute atomic E-state index is 0.0365. The molecule has 3 heterocycles. The van der Waals surface area contributed by atoms with Crippen molar-refractivity contribution in [1.82, 2.24) is 20.5 Å². The third-order valence-electron chi connectivity index (χ3n) is 5.25. The summed E-state index contributed by atoms with van der Waals surface area (Å²) < 4.78 is 0. The summed E-state index contributed by atoms with van der Waals surface area (Å²) in [5.74, 6) is -0.391. The summed E-state index contributed by atoms with van der Waals surface area (Å²) >= 11 is 0. The normalized spacial score (nSPS) is 26.7. The van der Waals surface area contributed by atoms with Crippen molar-refractivity contribution in [3.8, 4) is 0 Å². The van der Waals surface area contributed by atoms with E-state index < -0.39 is 18.2 Å². The molecule has 2 fully saturated rings. The molecule has 2 saturated heterocycles. The van der Waals surface area contributed by atoms with E-state index in [-0.39, 0.29) is 17.9 Å². The first-order chi connectivity index (χ1) is 12.5. The molecule has 3 N–H and O–H groups in total. The number of hydrogen-bond acceptors (Lipinski definition) is 5. The first kappa shape index (κ1) is 16.9. The number of carbonyl (C=O) groups excluding carboxylic acids is 2. The monoisotopic (exact) mass is 354 g/mol. The number of amides is 2. The molecule has 136 valence electrons. The molecule has 26 heavy (non-hydrogen) atoms. The van der Waals surface area contributed by atoms with Crippen LogP contribution in [-0.4, -0.2) is 57.6 Å². The topological polar surface area (TPSA) is 94.6 Å². The van der Waals surface area contributed by atoms with Crippen molar-refractivity contribution in [2.24, 2.45) is 0 Å². The first-order valence-electron chi connectivity index (χ1n) is 8.89. The Kier molecular flexibility index (Phi) is 4.34. The quantitative estimate of drug-likeness (QED) is 0.728. The van der Waals surface area contributed by atoms with Crippen LogP contribution in [0.3, 0.4) is 0 Å². The fourth-order valence-electron chi connectivity index (χ4n) is 3.87. The van der Waals surface area contributed by atoms with Gasteiger partial charge in [0, 0.05) is 30.7 Å². The van der Waals surface area contributed by atoms with Crippen molar-refractivity contribution in [2.75, 3.05) is 6.54 Å². The number of fused-ring (bicyclic) bond motifs is 2. The highest BCUT2D eigenvalue weighted by molar-refractivity contribution is 5.97. The molecule has 0 spiro atoms. The van der Waals surface area contributed by atoms with Crippen LogP contribution in [0.25, 0.3) is 10.9 Å². The number of aliphatic hydroxyl groups excluding tert-OH is 1. The third kappa shape index (κ3) is 2.93. The molecule has 0 unspecified atom stereocenters. The van der Waals surface area contributed by atoms with E-state index in [4.69, 9.17) is 0 Å². The number of aromatic nitrogens is 1. The van der Waals surface area contributed by atoms with Gasteiger partial charge in [-0.1, -0.05) is 18.2 Å². The molecule has 0 aliphatic carbocycles. The van der Waals surface area contributed by atoms with Gasteiger partial charge in [-0.05, 0) is 31.0 Å². The fraction of sp³-hybridized carbons (Fsp3) is 0.421. The van der Waals surface area contributed by atoms with E-state index in [1.54, 1.807) is 11.1 Å². The molecule has 1 aromatic heterocycles. The van der Waals surface area contributed by atoms with Crippen molar-refractivity contribution in [1.29, 1.82) is 0 Å². The number of nitrogens with zero attached hydrogens (tertiary/aromatic N) is 2. The molecular weight excluding hydrogens is 332 g/mol. The maximum absolute atomic E-state index is 12.5. The van der Waals surface area contributed by atoms with Crippen molar-refractivity contribution >= 4 is 22.7 Å². The van der Waals surface area contributed by atoms with E-state index in [2.05, 4.69) is 21.7 Å². The number of pyridine rings is 1. The summed E-state index contributed by atoms with van der Waals surface area (Å²) in [5.41, 5.74) is 2.09. The van der Waals surface area contributed by atoms with Gasteiger partial charge >= 0.3 is 0 Å². The van der Waals surface area contributed by atoms with Crippen LogP contribution in [0.2, 0.25) is 0 Å². The van der Waals surface area contributed by atoms with Crippen LogP contribution in [0, 0.1) is 0 Å². The molecule has 4 atom stereocenters. The number of piperazine rings is 1. The highest BCUT2D eigenvalue weighted by Gasteiger charge is 2.47. The zero-order valence-electron chi connectivity index (χ0n) is 14.6. The van der Waals surface area contributed by atoms with Crippen molar-refractivity contribution in [2.45, 2.75) is 44.1 Å². The van der Waals surface area contributed by atoms with E-state index >= 15 is 0 Å². The number of rotatable bonds is 4. The number of benzene rings is 1. The maximum Gasteiger partial charge on any atom is 0.248 e. The second kappa shape index (κ2) is 6.66. The van der Waals surface area contributed by atoms with Gasteiger partial charge in [0.15, 0.2) is 0 Å². The first-order valence-corrected chi connectivity index (χ1v) is 8.89. The molecular formula is C19H22N4O3. The van der Waals surface area contributed by atoms with Gasteiger partial charge in [-0.2, -0.15) is 0 Å². The Morgan fingerprint density at radius 3 is 3.00 bits per heavy atom. The summed E-state index contributed by atoms with van der Waals surface area (Å²) in [6, 6.07) is 8.71. The van der Waals surface area contributed by atoms with Crippen LogP contribution >= 0.6 is 0 Å². The predicted octanol–water partition coefficient (Wildman–Crippen LogP) is 0.173. The predicted molar refractivity (Wildman–Crippen MR) is 96.1 cm³/mol. The molecule has 2 aromatic rings. The highest BCUT2D eigenvalue weighted by Crippen LogP contribution is 2.24. The summed E-state index contributed by atoms with van der Waals surface area (Å²) in [5, 5.41) is 16.9. The minimum Gasteiger partial charge on any atom is -0.391 e. The molecule has 2 aliphatic heterocycles. The Hall–Kier alpha value is -2.51. The van der Waals surface area contributed by atoms with Crippen molar-refractivity contribution in [3.05, 3.63) is 42.1 Å². The Morgan fingerprint density at radius 1 is 1.35 bits per heavy atom. The summed E-state index contributed by atoms with van der Waals surface area (Å²) in [6.07, 6.45) is 1.45. The second-order valence-corrected chi connectivity index (χ2v) is 7.03. The second-order valence-electron chi connectivity index (χ2n) is 7.03. The zero-order valence-corrected chi connectivity index (χ0v) is 14.6. The van der Waals surface area contributed by atoms with E-state index in [0.717, 1.165) is 16.5 Å². The van der Waals surface area contributed by atoms with Gasteiger partial charge in [-0.3, -0.25) is 14.6 Å². The van der Waals surface area contributed by atoms with Gasteiger partial charge in [0.1, 0.15) is 12.1 Å². The Morgan fingerprint density at radius 2 is 2.19 bits per heavy atom. The molecule has 2 aliphatic rings. The zero-order chi connectivity index (χ0) is 18.3. The van der Waals surface area contributed by atoms with Crippen LogP contribution < -0.4 is 10.6 Å². The van der Waals surface area contributed by atoms with E-state index in [0.29, 0.717) is 19.5 Å². The lowest BCUT2D eigenvalue weighted by atomic mass is 10.0. The third-order valence-corrected chi connectivity index (χ3v) is 5.25. The van der Waals surface area contributed by atoms with Crippen LogP contribution in [-0.2, 0) is 16.1 Å². The number of nitrogens with one attached hydrogen (secondary N) is 2. The van der Waals surface area contributed by atoms with Crippen LogP contribution in [0.1, 0.15) is 18.9 Å². The number of carbonyl (C=O) groups is 2.